The van der Waals surface area contributed by atoms with Crippen LogP contribution in [0.2, 0.25) is 0 Å². The first-order valence-electron chi connectivity index (χ1n) is 5.05. The van der Waals surface area contributed by atoms with E-state index in [0.29, 0.717) is 5.69 Å². The fraction of sp³-hybridized carbons (Fsp3) is 0.500. The van der Waals surface area contributed by atoms with E-state index in [2.05, 4.69) is 12.1 Å². The van der Waals surface area contributed by atoms with Gasteiger partial charge in [0.15, 0.2) is 0 Å². The number of aryl methyl sites for hydroxylation is 1. The smallest absolute Gasteiger partial charge is 0.120 e. The fourth-order valence-electron chi connectivity index (χ4n) is 1.46. The van der Waals surface area contributed by atoms with Crippen LogP contribution in [0.3, 0.4) is 0 Å². The molecule has 78 valence electrons. The zero-order valence-corrected chi connectivity index (χ0v) is 9.20. The first-order chi connectivity index (χ1) is 7.09. The summed E-state index contributed by atoms with van der Waals surface area (Å²) in [5.41, 5.74) is 0.421. The summed E-state index contributed by atoms with van der Waals surface area (Å²) in [6.07, 6.45) is 3.67. The fourth-order valence-corrected chi connectivity index (χ4v) is 1.46. The Morgan fingerprint density at radius 2 is 2.13 bits per heavy atom. The zero-order chi connectivity index (χ0) is 11.3. The molecule has 1 aromatic heterocycles. The summed E-state index contributed by atoms with van der Waals surface area (Å²) < 4.78 is 1.92. The van der Waals surface area contributed by atoms with E-state index in [1.807, 2.05) is 30.7 Å². The normalized spacial score (nSPS) is 10.7. The molecule has 0 N–H and O–H groups in total. The molecule has 0 saturated heterocycles. The zero-order valence-electron chi connectivity index (χ0n) is 9.20. The quantitative estimate of drug-likeness (QED) is 0.752. The maximum atomic E-state index is 8.84. The van der Waals surface area contributed by atoms with Gasteiger partial charge in [-0.15, -0.1) is 0 Å². The second-order valence-electron chi connectivity index (χ2n) is 4.30. The monoisotopic (exact) mass is 201 g/mol. The molecule has 0 radical (unpaired) electrons. The van der Waals surface area contributed by atoms with Gasteiger partial charge in [-0.1, -0.05) is 0 Å². The van der Waals surface area contributed by atoms with Crippen LogP contribution in [0.5, 0.6) is 0 Å². The van der Waals surface area contributed by atoms with Crippen molar-refractivity contribution in [3.63, 3.8) is 0 Å². The van der Waals surface area contributed by atoms with Gasteiger partial charge in [0.2, 0.25) is 0 Å². The van der Waals surface area contributed by atoms with Gasteiger partial charge in [0.05, 0.1) is 11.5 Å². The van der Waals surface area contributed by atoms with Crippen LogP contribution in [0.1, 0.15) is 32.4 Å². The topological polar surface area (TPSA) is 52.5 Å². The molecule has 0 fully saturated rings. The SMILES string of the molecule is CC(C)(C#N)CCCn1cccc1C#N. The lowest BCUT2D eigenvalue weighted by atomic mass is 9.90. The van der Waals surface area contributed by atoms with E-state index in [0.717, 1.165) is 19.4 Å². The van der Waals surface area contributed by atoms with Crippen molar-refractivity contribution in [3.8, 4) is 12.1 Å². The first-order valence-corrected chi connectivity index (χ1v) is 5.05. The van der Waals surface area contributed by atoms with Crippen molar-refractivity contribution < 1.29 is 0 Å². The van der Waals surface area contributed by atoms with Gasteiger partial charge in [-0.25, -0.2) is 0 Å². The largest absolute Gasteiger partial charge is 0.339 e. The van der Waals surface area contributed by atoms with Crippen molar-refractivity contribution >= 4 is 0 Å². The molecule has 0 aliphatic rings. The Morgan fingerprint density at radius 3 is 2.73 bits per heavy atom. The van der Waals surface area contributed by atoms with Gasteiger partial charge < -0.3 is 4.57 Å². The summed E-state index contributed by atoms with van der Waals surface area (Å²) in [6, 6.07) is 8.08. The molecule has 0 aliphatic heterocycles. The van der Waals surface area contributed by atoms with Crippen LogP contribution in [0.4, 0.5) is 0 Å². The average Bonchev–Trinajstić information content (AvgIpc) is 2.65. The molecule has 0 aromatic carbocycles. The summed E-state index contributed by atoms with van der Waals surface area (Å²) in [6.45, 7) is 4.68. The molecular weight excluding hydrogens is 186 g/mol. The van der Waals surface area contributed by atoms with Crippen LogP contribution in [0.25, 0.3) is 0 Å². The van der Waals surface area contributed by atoms with Crippen molar-refractivity contribution in [1.29, 1.82) is 10.5 Å². The standard InChI is InChI=1S/C12H15N3/c1-12(2,10-14)6-4-8-15-7-3-5-11(15)9-13/h3,5,7H,4,6,8H2,1-2H3. The van der Waals surface area contributed by atoms with Gasteiger partial charge in [0.25, 0.3) is 0 Å². The van der Waals surface area contributed by atoms with Gasteiger partial charge in [-0.2, -0.15) is 10.5 Å². The minimum absolute atomic E-state index is 0.264. The Hall–Kier alpha value is -1.74. The Labute approximate surface area is 90.6 Å². The maximum absolute atomic E-state index is 8.84. The predicted molar refractivity (Wildman–Crippen MR) is 57.8 cm³/mol. The molecule has 0 atom stereocenters. The van der Waals surface area contributed by atoms with E-state index in [1.54, 1.807) is 6.07 Å². The Kier molecular flexibility index (Phi) is 3.52. The highest BCUT2D eigenvalue weighted by atomic mass is 15.0. The summed E-state index contributed by atoms with van der Waals surface area (Å²) in [5.74, 6) is 0. The van der Waals surface area contributed by atoms with Crippen LogP contribution in [0, 0.1) is 28.1 Å². The van der Waals surface area contributed by atoms with Crippen LogP contribution in [0.15, 0.2) is 18.3 Å². The minimum Gasteiger partial charge on any atom is -0.339 e. The van der Waals surface area contributed by atoms with E-state index < -0.39 is 0 Å². The number of nitrogens with zero attached hydrogens (tertiary/aromatic N) is 3. The summed E-state index contributed by atoms with van der Waals surface area (Å²) in [4.78, 5) is 0. The van der Waals surface area contributed by atoms with Crippen molar-refractivity contribution in [2.75, 3.05) is 0 Å². The van der Waals surface area contributed by atoms with E-state index in [1.165, 1.54) is 0 Å². The second kappa shape index (κ2) is 4.66. The summed E-state index contributed by atoms with van der Waals surface area (Å²) in [5, 5.41) is 17.6. The Bertz CT molecular complexity index is 401. The highest BCUT2D eigenvalue weighted by Gasteiger charge is 2.15. The number of hydrogen-bond donors (Lipinski definition) is 0. The van der Waals surface area contributed by atoms with E-state index in [9.17, 15) is 0 Å². The van der Waals surface area contributed by atoms with Crippen molar-refractivity contribution in [2.24, 2.45) is 5.41 Å². The van der Waals surface area contributed by atoms with Gasteiger partial charge in [0, 0.05) is 12.7 Å². The van der Waals surface area contributed by atoms with Gasteiger partial charge in [-0.3, -0.25) is 0 Å². The first kappa shape index (κ1) is 11.3. The molecule has 3 nitrogen and oxygen atoms in total. The third-order valence-corrected chi connectivity index (χ3v) is 2.45. The molecule has 1 aromatic rings. The lowest BCUT2D eigenvalue weighted by molar-refractivity contribution is 0.415. The molecule has 0 aliphatic carbocycles. The molecule has 1 heterocycles. The number of hydrogen-bond acceptors (Lipinski definition) is 2. The van der Waals surface area contributed by atoms with Gasteiger partial charge in [-0.05, 0) is 38.8 Å². The van der Waals surface area contributed by atoms with E-state index in [-0.39, 0.29) is 5.41 Å². The highest BCUT2D eigenvalue weighted by Crippen LogP contribution is 2.21. The predicted octanol–water partition coefficient (Wildman–Crippen LogP) is 2.69. The number of nitriles is 2. The summed E-state index contributed by atoms with van der Waals surface area (Å²) >= 11 is 0. The maximum Gasteiger partial charge on any atom is 0.120 e. The van der Waals surface area contributed by atoms with Crippen molar-refractivity contribution in [3.05, 3.63) is 24.0 Å². The third kappa shape index (κ3) is 3.14. The molecule has 0 saturated carbocycles. The molecule has 0 unspecified atom stereocenters. The molecule has 1 rings (SSSR count). The van der Waals surface area contributed by atoms with Crippen LogP contribution >= 0.6 is 0 Å². The van der Waals surface area contributed by atoms with Crippen LogP contribution in [-0.4, -0.2) is 4.57 Å². The molecule has 0 amide bonds. The van der Waals surface area contributed by atoms with Crippen LogP contribution in [-0.2, 0) is 6.54 Å². The average molecular weight is 201 g/mol. The third-order valence-electron chi connectivity index (χ3n) is 2.45. The minimum atomic E-state index is -0.264. The van der Waals surface area contributed by atoms with Crippen LogP contribution < -0.4 is 0 Å². The Balaban J connectivity index is 2.47. The van der Waals surface area contributed by atoms with Crippen molar-refractivity contribution in [1.82, 2.24) is 4.57 Å². The molecule has 0 spiro atoms. The lowest BCUT2D eigenvalue weighted by Gasteiger charge is -2.14. The molecule has 0 bridgehead atoms. The Morgan fingerprint density at radius 1 is 1.40 bits per heavy atom. The second-order valence-corrected chi connectivity index (χ2v) is 4.30. The lowest BCUT2D eigenvalue weighted by Crippen LogP contribution is -2.09. The molecule has 3 heteroatoms. The number of aromatic nitrogens is 1. The van der Waals surface area contributed by atoms with Gasteiger partial charge in [0.1, 0.15) is 11.8 Å². The van der Waals surface area contributed by atoms with E-state index >= 15 is 0 Å². The van der Waals surface area contributed by atoms with Gasteiger partial charge >= 0.3 is 0 Å². The van der Waals surface area contributed by atoms with Crippen molar-refractivity contribution in [2.45, 2.75) is 33.2 Å². The molecule has 15 heavy (non-hydrogen) atoms. The summed E-state index contributed by atoms with van der Waals surface area (Å²) in [7, 11) is 0. The highest BCUT2D eigenvalue weighted by molar-refractivity contribution is 5.21. The number of rotatable bonds is 4. The van der Waals surface area contributed by atoms with E-state index in [4.69, 9.17) is 10.5 Å². The molecular formula is C12H15N3.